The van der Waals surface area contributed by atoms with Crippen LogP contribution in [0.1, 0.15) is 19.4 Å². The third kappa shape index (κ3) is 5.65. The Kier molecular flexibility index (Phi) is 6.71. The summed E-state index contributed by atoms with van der Waals surface area (Å²) in [5, 5.41) is 5.02. The standard InChI is InChI=1S/C15H23N3O4S/c1-11(2)9-16-14(19)15(20)17-10-12-5-7-13(8-6-12)23(21,22)18(3)4/h5-8,11H,9-10H2,1-4H3,(H,16,19)(H,17,20). The molecule has 0 unspecified atom stereocenters. The normalized spacial score (nSPS) is 11.6. The van der Waals surface area contributed by atoms with Crippen molar-refractivity contribution < 1.29 is 18.0 Å². The van der Waals surface area contributed by atoms with Crippen molar-refractivity contribution >= 4 is 21.8 Å². The minimum atomic E-state index is -3.47. The van der Waals surface area contributed by atoms with Crippen LogP contribution in [0.5, 0.6) is 0 Å². The highest BCUT2D eigenvalue weighted by atomic mass is 32.2. The Morgan fingerprint density at radius 1 is 1.04 bits per heavy atom. The van der Waals surface area contributed by atoms with Gasteiger partial charge in [-0.15, -0.1) is 0 Å². The van der Waals surface area contributed by atoms with E-state index in [0.29, 0.717) is 12.1 Å². The van der Waals surface area contributed by atoms with Crippen LogP contribution in [0, 0.1) is 5.92 Å². The van der Waals surface area contributed by atoms with Gasteiger partial charge < -0.3 is 10.6 Å². The number of sulfonamides is 1. The van der Waals surface area contributed by atoms with Crippen LogP contribution < -0.4 is 10.6 Å². The Labute approximate surface area is 137 Å². The van der Waals surface area contributed by atoms with Gasteiger partial charge in [0.15, 0.2) is 0 Å². The third-order valence-corrected chi connectivity index (χ3v) is 4.86. The minimum absolute atomic E-state index is 0.149. The zero-order valence-corrected chi connectivity index (χ0v) is 14.6. The molecule has 0 radical (unpaired) electrons. The maximum Gasteiger partial charge on any atom is 0.309 e. The number of amides is 2. The van der Waals surface area contributed by atoms with E-state index in [1.54, 1.807) is 12.1 Å². The molecule has 0 heterocycles. The number of carbonyl (C=O) groups excluding carboxylic acids is 2. The Balaban J connectivity index is 2.60. The predicted molar refractivity (Wildman–Crippen MR) is 87.0 cm³/mol. The molecule has 0 saturated carbocycles. The van der Waals surface area contributed by atoms with Gasteiger partial charge >= 0.3 is 11.8 Å². The smallest absolute Gasteiger partial charge is 0.309 e. The molecule has 0 bridgehead atoms. The summed E-state index contributed by atoms with van der Waals surface area (Å²) in [6, 6.07) is 6.14. The Hall–Kier alpha value is -1.93. The molecule has 1 aromatic rings. The molecule has 0 spiro atoms. The molecule has 2 amide bonds. The average Bonchev–Trinajstić information content (AvgIpc) is 2.50. The van der Waals surface area contributed by atoms with Crippen molar-refractivity contribution in [1.29, 1.82) is 0 Å². The number of hydrogen-bond acceptors (Lipinski definition) is 4. The van der Waals surface area contributed by atoms with E-state index >= 15 is 0 Å². The summed E-state index contributed by atoms with van der Waals surface area (Å²) >= 11 is 0. The van der Waals surface area contributed by atoms with Gasteiger partial charge in [0.1, 0.15) is 0 Å². The van der Waals surface area contributed by atoms with Crippen molar-refractivity contribution in [2.45, 2.75) is 25.3 Å². The number of nitrogens with zero attached hydrogens (tertiary/aromatic N) is 1. The van der Waals surface area contributed by atoms with Crippen molar-refractivity contribution in [3.8, 4) is 0 Å². The summed E-state index contributed by atoms with van der Waals surface area (Å²) in [6.45, 7) is 4.45. The molecule has 2 N–H and O–H groups in total. The third-order valence-electron chi connectivity index (χ3n) is 3.03. The lowest BCUT2D eigenvalue weighted by Gasteiger charge is -2.12. The van der Waals surface area contributed by atoms with Gasteiger partial charge in [-0.1, -0.05) is 26.0 Å². The molecule has 23 heavy (non-hydrogen) atoms. The highest BCUT2D eigenvalue weighted by Crippen LogP contribution is 2.13. The summed E-state index contributed by atoms with van der Waals surface area (Å²) in [5.41, 5.74) is 0.702. The number of carbonyl (C=O) groups is 2. The van der Waals surface area contributed by atoms with E-state index < -0.39 is 21.8 Å². The SMILES string of the molecule is CC(C)CNC(=O)C(=O)NCc1ccc(S(=O)(=O)N(C)C)cc1. The Bertz CT molecular complexity index is 652. The van der Waals surface area contributed by atoms with Crippen LogP contribution in [0.25, 0.3) is 0 Å². The van der Waals surface area contributed by atoms with Crippen LogP contribution in [-0.4, -0.2) is 45.2 Å². The van der Waals surface area contributed by atoms with E-state index in [1.807, 2.05) is 13.8 Å². The van der Waals surface area contributed by atoms with E-state index in [2.05, 4.69) is 10.6 Å². The summed E-state index contributed by atoms with van der Waals surface area (Å²) in [7, 11) is -0.557. The second-order valence-corrected chi connectivity index (χ2v) is 7.87. The molecule has 0 aliphatic heterocycles. The molecular weight excluding hydrogens is 318 g/mol. The molecule has 1 rings (SSSR count). The summed E-state index contributed by atoms with van der Waals surface area (Å²) < 4.78 is 25.0. The Morgan fingerprint density at radius 2 is 1.57 bits per heavy atom. The first-order chi connectivity index (χ1) is 10.6. The van der Waals surface area contributed by atoms with Gasteiger partial charge in [0.25, 0.3) is 0 Å². The van der Waals surface area contributed by atoms with Crippen LogP contribution in [0.2, 0.25) is 0 Å². The summed E-state index contributed by atoms with van der Waals surface area (Å²) in [4.78, 5) is 23.3. The number of hydrogen-bond donors (Lipinski definition) is 2. The molecule has 0 aliphatic carbocycles. The molecule has 8 heteroatoms. The fourth-order valence-corrected chi connectivity index (χ4v) is 2.53. The van der Waals surface area contributed by atoms with Gasteiger partial charge in [-0.05, 0) is 23.6 Å². The van der Waals surface area contributed by atoms with Crippen molar-refractivity contribution in [3.63, 3.8) is 0 Å². The predicted octanol–water partition coefficient (Wildman–Crippen LogP) is 0.325. The lowest BCUT2D eigenvalue weighted by molar-refractivity contribution is -0.139. The molecule has 0 atom stereocenters. The summed E-state index contributed by atoms with van der Waals surface area (Å²) in [5.74, 6) is -1.13. The first-order valence-electron chi connectivity index (χ1n) is 7.22. The molecule has 128 valence electrons. The largest absolute Gasteiger partial charge is 0.348 e. The van der Waals surface area contributed by atoms with E-state index in [0.717, 1.165) is 4.31 Å². The van der Waals surface area contributed by atoms with Gasteiger partial charge in [0.2, 0.25) is 10.0 Å². The second kappa shape index (κ2) is 8.07. The first-order valence-corrected chi connectivity index (χ1v) is 8.66. The second-order valence-electron chi connectivity index (χ2n) is 5.72. The van der Waals surface area contributed by atoms with Crippen molar-refractivity contribution in [1.82, 2.24) is 14.9 Å². The first kappa shape index (κ1) is 19.1. The van der Waals surface area contributed by atoms with Crippen LogP contribution in [0.3, 0.4) is 0 Å². The molecule has 0 aromatic heterocycles. The molecular formula is C15H23N3O4S. The van der Waals surface area contributed by atoms with E-state index in [1.165, 1.54) is 26.2 Å². The quantitative estimate of drug-likeness (QED) is 0.729. The van der Waals surface area contributed by atoms with Gasteiger partial charge in [0.05, 0.1) is 4.90 Å². The van der Waals surface area contributed by atoms with Gasteiger partial charge in [-0.25, -0.2) is 12.7 Å². The molecule has 0 aliphatic rings. The summed E-state index contributed by atoms with van der Waals surface area (Å²) in [6.07, 6.45) is 0. The van der Waals surface area contributed by atoms with Gasteiger partial charge in [-0.3, -0.25) is 9.59 Å². The molecule has 0 fully saturated rings. The van der Waals surface area contributed by atoms with Crippen molar-refractivity contribution in [3.05, 3.63) is 29.8 Å². The maximum absolute atomic E-state index is 11.9. The molecule has 1 aromatic carbocycles. The van der Waals surface area contributed by atoms with Crippen LogP contribution in [0.4, 0.5) is 0 Å². The number of rotatable bonds is 6. The van der Waals surface area contributed by atoms with E-state index in [4.69, 9.17) is 0 Å². The molecule has 7 nitrogen and oxygen atoms in total. The maximum atomic E-state index is 11.9. The van der Waals surface area contributed by atoms with Crippen molar-refractivity contribution in [2.75, 3.05) is 20.6 Å². The average molecular weight is 341 g/mol. The molecule has 0 saturated heterocycles. The number of benzene rings is 1. The van der Waals surface area contributed by atoms with Gasteiger partial charge in [-0.2, -0.15) is 0 Å². The van der Waals surface area contributed by atoms with Crippen LogP contribution >= 0.6 is 0 Å². The zero-order valence-electron chi connectivity index (χ0n) is 13.8. The monoisotopic (exact) mass is 341 g/mol. The lowest BCUT2D eigenvalue weighted by Crippen LogP contribution is -2.40. The Morgan fingerprint density at radius 3 is 2.04 bits per heavy atom. The fraction of sp³-hybridized carbons (Fsp3) is 0.467. The number of nitrogens with one attached hydrogen (secondary N) is 2. The highest BCUT2D eigenvalue weighted by molar-refractivity contribution is 7.89. The lowest BCUT2D eigenvalue weighted by atomic mass is 10.2. The topological polar surface area (TPSA) is 95.6 Å². The van der Waals surface area contributed by atoms with E-state index in [9.17, 15) is 18.0 Å². The van der Waals surface area contributed by atoms with E-state index in [-0.39, 0.29) is 17.4 Å². The fourth-order valence-electron chi connectivity index (χ4n) is 1.63. The highest BCUT2D eigenvalue weighted by Gasteiger charge is 2.17. The van der Waals surface area contributed by atoms with Gasteiger partial charge in [0, 0.05) is 27.2 Å². The van der Waals surface area contributed by atoms with Crippen molar-refractivity contribution in [2.24, 2.45) is 5.92 Å². The van der Waals surface area contributed by atoms with Crippen LogP contribution in [-0.2, 0) is 26.2 Å². The zero-order chi connectivity index (χ0) is 17.6. The van der Waals surface area contributed by atoms with Crippen LogP contribution in [0.15, 0.2) is 29.2 Å². The minimum Gasteiger partial charge on any atom is -0.348 e.